The first-order valence-corrected chi connectivity index (χ1v) is 7.16. The van der Waals surface area contributed by atoms with Crippen molar-refractivity contribution in [2.45, 2.75) is 13.8 Å². The molecule has 0 radical (unpaired) electrons. The molecule has 0 aliphatic carbocycles. The van der Waals surface area contributed by atoms with E-state index in [2.05, 4.69) is 15.9 Å². The number of carbonyl (C=O) groups is 1. The zero-order chi connectivity index (χ0) is 14.7. The summed E-state index contributed by atoms with van der Waals surface area (Å²) in [6.45, 7) is 4.30. The Balaban J connectivity index is 2.42. The number of carbonyl (C=O) groups excluding carboxylic acids is 1. The lowest BCUT2D eigenvalue weighted by Crippen LogP contribution is -2.31. The first-order valence-electron chi connectivity index (χ1n) is 6.37. The molecule has 2 aromatic rings. The van der Waals surface area contributed by atoms with Crippen LogP contribution in [0.2, 0.25) is 0 Å². The molecule has 20 heavy (non-hydrogen) atoms. The summed E-state index contributed by atoms with van der Waals surface area (Å²) in [5.41, 5.74) is 1.88. The molecule has 0 bridgehead atoms. The predicted octanol–water partition coefficient (Wildman–Crippen LogP) is 4.56. The minimum absolute atomic E-state index is 0.0818. The van der Waals surface area contributed by atoms with Gasteiger partial charge in [-0.3, -0.25) is 4.79 Å². The van der Waals surface area contributed by atoms with Crippen LogP contribution < -0.4 is 4.90 Å². The van der Waals surface area contributed by atoms with Crippen LogP contribution in [-0.2, 0) is 0 Å². The highest BCUT2D eigenvalue weighted by atomic mass is 79.9. The molecule has 0 saturated carbocycles. The lowest BCUT2D eigenvalue weighted by Gasteiger charge is -2.23. The van der Waals surface area contributed by atoms with Gasteiger partial charge in [0.2, 0.25) is 0 Å². The molecule has 0 unspecified atom stereocenters. The molecule has 0 heterocycles. The van der Waals surface area contributed by atoms with Crippen LogP contribution in [-0.4, -0.2) is 12.5 Å². The summed E-state index contributed by atoms with van der Waals surface area (Å²) in [5.74, 6) is -0.844. The molecule has 4 heteroatoms. The standard InChI is InChI=1S/C16H15BrFNO/c1-3-19(15-7-5-4-6-11(15)2)16(20)13-9-8-12(17)10-14(13)18/h4-10H,3H2,1-2H3. The van der Waals surface area contributed by atoms with E-state index in [-0.39, 0.29) is 11.5 Å². The third-order valence-corrected chi connectivity index (χ3v) is 3.62. The Kier molecular flexibility index (Phi) is 4.55. The van der Waals surface area contributed by atoms with E-state index in [0.29, 0.717) is 11.0 Å². The molecular formula is C16H15BrFNO. The number of anilines is 1. The van der Waals surface area contributed by atoms with Crippen LogP contribution in [0.25, 0.3) is 0 Å². The highest BCUT2D eigenvalue weighted by Crippen LogP contribution is 2.23. The van der Waals surface area contributed by atoms with Crippen molar-refractivity contribution in [3.8, 4) is 0 Å². The second-order valence-corrected chi connectivity index (χ2v) is 5.38. The first kappa shape index (κ1) is 14.7. The van der Waals surface area contributed by atoms with Crippen LogP contribution in [0.4, 0.5) is 10.1 Å². The average molecular weight is 336 g/mol. The molecule has 0 aliphatic heterocycles. The molecule has 0 spiro atoms. The van der Waals surface area contributed by atoms with Gasteiger partial charge in [-0.2, -0.15) is 0 Å². The minimum atomic E-state index is -0.517. The van der Waals surface area contributed by atoms with Gasteiger partial charge in [0.1, 0.15) is 5.82 Å². The molecule has 1 amide bonds. The van der Waals surface area contributed by atoms with Crippen molar-refractivity contribution in [3.05, 3.63) is 63.9 Å². The first-order chi connectivity index (χ1) is 9.54. The molecule has 104 valence electrons. The number of rotatable bonds is 3. The summed E-state index contributed by atoms with van der Waals surface area (Å²) < 4.78 is 14.6. The van der Waals surface area contributed by atoms with E-state index in [9.17, 15) is 9.18 Å². The van der Waals surface area contributed by atoms with Gasteiger partial charge in [0.15, 0.2) is 0 Å². The third kappa shape index (κ3) is 2.90. The number of hydrogen-bond donors (Lipinski definition) is 0. The van der Waals surface area contributed by atoms with Gasteiger partial charge in [-0.05, 0) is 43.7 Å². The topological polar surface area (TPSA) is 20.3 Å². The van der Waals surface area contributed by atoms with Gasteiger partial charge in [-0.15, -0.1) is 0 Å². The molecule has 2 aromatic carbocycles. The number of para-hydroxylation sites is 1. The monoisotopic (exact) mass is 335 g/mol. The van der Waals surface area contributed by atoms with Gasteiger partial charge in [0.25, 0.3) is 5.91 Å². The summed E-state index contributed by atoms with van der Waals surface area (Å²) in [7, 11) is 0. The van der Waals surface area contributed by atoms with Crippen LogP contribution in [0, 0.1) is 12.7 Å². The zero-order valence-corrected chi connectivity index (χ0v) is 12.9. The van der Waals surface area contributed by atoms with Crippen LogP contribution in [0.15, 0.2) is 46.9 Å². The van der Waals surface area contributed by atoms with Crippen molar-refractivity contribution in [1.82, 2.24) is 0 Å². The Morgan fingerprint density at radius 2 is 1.95 bits per heavy atom. The molecule has 0 fully saturated rings. The Bertz CT molecular complexity index is 642. The number of nitrogens with zero attached hydrogens (tertiary/aromatic N) is 1. The quantitative estimate of drug-likeness (QED) is 0.804. The minimum Gasteiger partial charge on any atom is -0.308 e. The smallest absolute Gasteiger partial charge is 0.261 e. The van der Waals surface area contributed by atoms with Gasteiger partial charge >= 0.3 is 0 Å². The molecule has 2 rings (SSSR count). The molecule has 0 aromatic heterocycles. The predicted molar refractivity (Wildman–Crippen MR) is 82.6 cm³/mol. The Labute approximate surface area is 126 Å². The van der Waals surface area contributed by atoms with E-state index in [1.807, 2.05) is 38.1 Å². The van der Waals surface area contributed by atoms with Crippen molar-refractivity contribution in [2.24, 2.45) is 0 Å². The fraction of sp³-hybridized carbons (Fsp3) is 0.188. The number of halogens is 2. The molecule has 0 aliphatic rings. The summed E-state index contributed by atoms with van der Waals surface area (Å²) in [6, 6.07) is 12.1. The fourth-order valence-electron chi connectivity index (χ4n) is 2.10. The molecule has 0 atom stereocenters. The van der Waals surface area contributed by atoms with Gasteiger partial charge < -0.3 is 4.90 Å². The highest BCUT2D eigenvalue weighted by molar-refractivity contribution is 9.10. The maximum Gasteiger partial charge on any atom is 0.261 e. The van der Waals surface area contributed by atoms with Crippen molar-refractivity contribution in [1.29, 1.82) is 0 Å². The van der Waals surface area contributed by atoms with E-state index in [0.717, 1.165) is 11.3 Å². The van der Waals surface area contributed by atoms with Crippen molar-refractivity contribution >= 4 is 27.5 Å². The van der Waals surface area contributed by atoms with Crippen LogP contribution in [0.3, 0.4) is 0 Å². The second-order valence-electron chi connectivity index (χ2n) is 4.46. The van der Waals surface area contributed by atoms with E-state index in [1.54, 1.807) is 11.0 Å². The average Bonchev–Trinajstić information content (AvgIpc) is 2.41. The van der Waals surface area contributed by atoms with Gasteiger partial charge in [-0.1, -0.05) is 34.1 Å². The SMILES string of the molecule is CCN(C(=O)c1ccc(Br)cc1F)c1ccccc1C. The Hall–Kier alpha value is -1.68. The van der Waals surface area contributed by atoms with Crippen molar-refractivity contribution in [3.63, 3.8) is 0 Å². The van der Waals surface area contributed by atoms with Crippen molar-refractivity contribution in [2.75, 3.05) is 11.4 Å². The van der Waals surface area contributed by atoms with Crippen LogP contribution in [0.5, 0.6) is 0 Å². The third-order valence-electron chi connectivity index (χ3n) is 3.13. The normalized spacial score (nSPS) is 10.4. The van der Waals surface area contributed by atoms with E-state index >= 15 is 0 Å². The number of amides is 1. The molecule has 2 nitrogen and oxygen atoms in total. The largest absolute Gasteiger partial charge is 0.308 e. The molecular weight excluding hydrogens is 321 g/mol. The fourth-order valence-corrected chi connectivity index (χ4v) is 2.43. The zero-order valence-electron chi connectivity index (χ0n) is 11.4. The number of benzene rings is 2. The number of aryl methyl sites for hydroxylation is 1. The Morgan fingerprint density at radius 1 is 1.25 bits per heavy atom. The second kappa shape index (κ2) is 6.18. The number of hydrogen-bond acceptors (Lipinski definition) is 1. The van der Waals surface area contributed by atoms with Gasteiger partial charge in [-0.25, -0.2) is 4.39 Å². The summed E-state index contributed by atoms with van der Waals surface area (Å²) in [4.78, 5) is 14.1. The maximum atomic E-state index is 13.9. The Morgan fingerprint density at radius 3 is 2.55 bits per heavy atom. The van der Waals surface area contributed by atoms with E-state index in [4.69, 9.17) is 0 Å². The van der Waals surface area contributed by atoms with E-state index < -0.39 is 5.82 Å². The van der Waals surface area contributed by atoms with Gasteiger partial charge in [0.05, 0.1) is 5.56 Å². The summed E-state index contributed by atoms with van der Waals surface area (Å²) in [6.07, 6.45) is 0. The lowest BCUT2D eigenvalue weighted by atomic mass is 10.1. The van der Waals surface area contributed by atoms with Gasteiger partial charge in [0, 0.05) is 16.7 Å². The lowest BCUT2D eigenvalue weighted by molar-refractivity contribution is 0.0984. The molecule has 0 N–H and O–H groups in total. The van der Waals surface area contributed by atoms with Crippen molar-refractivity contribution < 1.29 is 9.18 Å². The summed E-state index contributed by atoms with van der Waals surface area (Å²) >= 11 is 3.19. The van der Waals surface area contributed by atoms with Crippen LogP contribution >= 0.6 is 15.9 Å². The van der Waals surface area contributed by atoms with Crippen LogP contribution in [0.1, 0.15) is 22.8 Å². The highest BCUT2D eigenvalue weighted by Gasteiger charge is 2.20. The molecule has 0 saturated heterocycles. The maximum absolute atomic E-state index is 13.9. The summed E-state index contributed by atoms with van der Waals surface area (Å²) in [5, 5.41) is 0. The van der Waals surface area contributed by atoms with E-state index in [1.165, 1.54) is 12.1 Å².